The first-order chi connectivity index (χ1) is 12.7. The maximum absolute atomic E-state index is 13.1. The average Bonchev–Trinajstić information content (AvgIpc) is 2.69. The van der Waals surface area contributed by atoms with Crippen molar-refractivity contribution in [2.75, 3.05) is 0 Å². The fraction of sp³-hybridized carbons (Fsp3) is 0. The Kier molecular flexibility index (Phi) is 4.42. The number of nitrogens with zero attached hydrogens (tertiary/aromatic N) is 3. The summed E-state index contributed by atoms with van der Waals surface area (Å²) in [5.74, 6) is 0.571. The van der Waals surface area contributed by atoms with Crippen molar-refractivity contribution in [3.05, 3.63) is 90.0 Å². The molecule has 4 rings (SSSR count). The lowest BCUT2D eigenvalue weighted by Crippen LogP contribution is -1.97. The van der Waals surface area contributed by atoms with Crippen LogP contribution in [0.2, 0.25) is 5.28 Å². The van der Waals surface area contributed by atoms with E-state index in [4.69, 9.17) is 11.6 Å². The van der Waals surface area contributed by atoms with Crippen molar-refractivity contribution in [3.8, 4) is 33.9 Å². The zero-order valence-electron chi connectivity index (χ0n) is 13.6. The van der Waals surface area contributed by atoms with Crippen LogP contribution in [0.15, 0.2) is 78.9 Å². The van der Waals surface area contributed by atoms with Crippen molar-refractivity contribution in [1.82, 2.24) is 15.0 Å². The molecule has 5 heteroatoms. The van der Waals surface area contributed by atoms with Crippen LogP contribution in [0.3, 0.4) is 0 Å². The van der Waals surface area contributed by atoms with Crippen LogP contribution in [-0.2, 0) is 0 Å². The molecule has 0 bridgehead atoms. The SMILES string of the molecule is Fc1ccc(-c2nc(Cl)nc(-c3ccc(-c4ccccc4)cc3)n2)cc1. The van der Waals surface area contributed by atoms with Gasteiger partial charge in [0.1, 0.15) is 5.82 Å². The second-order valence-corrected chi connectivity index (χ2v) is 6.04. The molecule has 0 spiro atoms. The van der Waals surface area contributed by atoms with Gasteiger partial charge < -0.3 is 0 Å². The van der Waals surface area contributed by atoms with Gasteiger partial charge in [-0.25, -0.2) is 9.37 Å². The number of rotatable bonds is 3. The van der Waals surface area contributed by atoms with Crippen molar-refractivity contribution < 1.29 is 4.39 Å². The van der Waals surface area contributed by atoms with Gasteiger partial charge in [0, 0.05) is 11.1 Å². The third-order valence-corrected chi connectivity index (χ3v) is 4.13. The Bertz CT molecular complexity index is 1030. The van der Waals surface area contributed by atoms with Crippen LogP contribution in [0.4, 0.5) is 4.39 Å². The third kappa shape index (κ3) is 3.46. The second-order valence-electron chi connectivity index (χ2n) is 5.70. The van der Waals surface area contributed by atoms with Crippen LogP contribution >= 0.6 is 11.6 Å². The molecule has 0 N–H and O–H groups in total. The van der Waals surface area contributed by atoms with Gasteiger partial charge in [-0.05, 0) is 47.0 Å². The molecular weight excluding hydrogens is 349 g/mol. The summed E-state index contributed by atoms with van der Waals surface area (Å²) in [6.07, 6.45) is 0. The first-order valence-electron chi connectivity index (χ1n) is 8.02. The summed E-state index contributed by atoms with van der Waals surface area (Å²) in [4.78, 5) is 12.8. The molecular formula is C21H13ClFN3. The first kappa shape index (κ1) is 16.4. The Hall–Kier alpha value is -3.11. The first-order valence-corrected chi connectivity index (χ1v) is 8.40. The van der Waals surface area contributed by atoms with E-state index in [0.717, 1.165) is 16.7 Å². The summed E-state index contributed by atoms with van der Waals surface area (Å²) in [5.41, 5.74) is 3.75. The summed E-state index contributed by atoms with van der Waals surface area (Å²) < 4.78 is 13.1. The Morgan fingerprint density at radius 1 is 0.538 bits per heavy atom. The predicted molar refractivity (Wildman–Crippen MR) is 101 cm³/mol. The minimum atomic E-state index is -0.314. The second kappa shape index (κ2) is 7.02. The standard InChI is InChI=1S/C21H13ClFN3/c22-21-25-19(24-20(26-21)17-10-12-18(23)13-11-17)16-8-6-15(7-9-16)14-4-2-1-3-5-14/h1-13H. The zero-order valence-corrected chi connectivity index (χ0v) is 14.4. The van der Waals surface area contributed by atoms with Crippen LogP contribution in [0, 0.1) is 5.82 Å². The molecule has 0 unspecified atom stereocenters. The molecule has 1 heterocycles. The molecule has 0 radical (unpaired) electrons. The van der Waals surface area contributed by atoms with Gasteiger partial charge in [-0.1, -0.05) is 54.6 Å². The van der Waals surface area contributed by atoms with Crippen molar-refractivity contribution in [2.45, 2.75) is 0 Å². The van der Waals surface area contributed by atoms with Crippen LogP contribution in [0.5, 0.6) is 0 Å². The predicted octanol–water partition coefficient (Wildman–Crippen LogP) is 5.67. The summed E-state index contributed by atoms with van der Waals surface area (Å²) >= 11 is 6.07. The summed E-state index contributed by atoms with van der Waals surface area (Å²) in [6, 6.07) is 24.0. The number of aromatic nitrogens is 3. The lowest BCUT2D eigenvalue weighted by Gasteiger charge is -2.06. The van der Waals surface area contributed by atoms with Crippen LogP contribution in [0.1, 0.15) is 0 Å². The van der Waals surface area contributed by atoms with Gasteiger partial charge in [-0.2, -0.15) is 9.97 Å². The highest BCUT2D eigenvalue weighted by atomic mass is 35.5. The fourth-order valence-electron chi connectivity index (χ4n) is 2.65. The number of hydrogen-bond acceptors (Lipinski definition) is 3. The molecule has 126 valence electrons. The van der Waals surface area contributed by atoms with Gasteiger partial charge in [-0.3, -0.25) is 0 Å². The van der Waals surface area contributed by atoms with Gasteiger partial charge in [0.05, 0.1) is 0 Å². The van der Waals surface area contributed by atoms with E-state index in [1.165, 1.54) is 12.1 Å². The fourth-order valence-corrected chi connectivity index (χ4v) is 2.81. The van der Waals surface area contributed by atoms with Crippen LogP contribution < -0.4 is 0 Å². The van der Waals surface area contributed by atoms with Crippen LogP contribution in [0.25, 0.3) is 33.9 Å². The van der Waals surface area contributed by atoms with Crippen LogP contribution in [-0.4, -0.2) is 15.0 Å². The summed E-state index contributed by atoms with van der Waals surface area (Å²) in [5, 5.41) is 0.0986. The van der Waals surface area contributed by atoms with Gasteiger partial charge in [0.2, 0.25) is 5.28 Å². The van der Waals surface area contributed by atoms with Gasteiger partial charge in [0.15, 0.2) is 11.6 Å². The molecule has 0 aliphatic rings. The number of benzene rings is 3. The van der Waals surface area contributed by atoms with E-state index < -0.39 is 0 Å². The molecule has 3 nitrogen and oxygen atoms in total. The minimum Gasteiger partial charge on any atom is -0.208 e. The molecule has 1 aromatic heterocycles. The largest absolute Gasteiger partial charge is 0.226 e. The Morgan fingerprint density at radius 2 is 1.00 bits per heavy atom. The molecule has 3 aromatic carbocycles. The molecule has 0 aliphatic heterocycles. The van der Waals surface area contributed by atoms with Gasteiger partial charge in [0.25, 0.3) is 0 Å². The number of halogens is 2. The Balaban J connectivity index is 1.70. The smallest absolute Gasteiger partial charge is 0.208 e. The van der Waals surface area contributed by atoms with Crippen molar-refractivity contribution in [3.63, 3.8) is 0 Å². The monoisotopic (exact) mass is 361 g/mol. The summed E-state index contributed by atoms with van der Waals surface area (Å²) in [6.45, 7) is 0. The number of hydrogen-bond donors (Lipinski definition) is 0. The highest BCUT2D eigenvalue weighted by molar-refractivity contribution is 6.28. The van der Waals surface area contributed by atoms with Crippen molar-refractivity contribution >= 4 is 11.6 Å². The molecule has 0 aliphatic carbocycles. The van der Waals surface area contributed by atoms with Gasteiger partial charge in [-0.15, -0.1) is 0 Å². The van der Waals surface area contributed by atoms with E-state index >= 15 is 0 Å². The lowest BCUT2D eigenvalue weighted by molar-refractivity contribution is 0.628. The molecule has 26 heavy (non-hydrogen) atoms. The average molecular weight is 362 g/mol. The van der Waals surface area contributed by atoms with Crippen molar-refractivity contribution in [2.24, 2.45) is 0 Å². The maximum Gasteiger partial charge on any atom is 0.226 e. The van der Waals surface area contributed by atoms with E-state index in [9.17, 15) is 4.39 Å². The van der Waals surface area contributed by atoms with E-state index in [1.807, 2.05) is 42.5 Å². The molecule has 0 fully saturated rings. The molecule has 4 aromatic rings. The van der Waals surface area contributed by atoms with Gasteiger partial charge >= 0.3 is 0 Å². The Labute approximate surface area is 155 Å². The molecule has 0 saturated heterocycles. The van der Waals surface area contributed by atoms with Crippen molar-refractivity contribution in [1.29, 1.82) is 0 Å². The summed E-state index contributed by atoms with van der Waals surface area (Å²) in [7, 11) is 0. The van der Waals surface area contributed by atoms with E-state index in [0.29, 0.717) is 17.2 Å². The molecule has 0 amide bonds. The maximum atomic E-state index is 13.1. The highest BCUT2D eigenvalue weighted by Gasteiger charge is 2.10. The van der Waals surface area contributed by atoms with E-state index in [2.05, 4.69) is 27.1 Å². The van der Waals surface area contributed by atoms with E-state index in [1.54, 1.807) is 12.1 Å². The minimum absolute atomic E-state index is 0.0986. The normalized spacial score (nSPS) is 10.7. The highest BCUT2D eigenvalue weighted by Crippen LogP contribution is 2.25. The lowest BCUT2D eigenvalue weighted by atomic mass is 10.0. The quantitative estimate of drug-likeness (QED) is 0.472. The molecule has 0 atom stereocenters. The zero-order chi connectivity index (χ0) is 17.9. The third-order valence-electron chi connectivity index (χ3n) is 3.96. The molecule has 0 saturated carbocycles. The topological polar surface area (TPSA) is 38.7 Å². The van der Waals surface area contributed by atoms with E-state index in [-0.39, 0.29) is 11.1 Å². The Morgan fingerprint density at radius 3 is 1.58 bits per heavy atom.